The van der Waals surface area contributed by atoms with Gasteiger partial charge in [-0.1, -0.05) is 18.2 Å². The quantitative estimate of drug-likeness (QED) is 0.670. The second kappa shape index (κ2) is 7.06. The Morgan fingerprint density at radius 3 is 2.26 bits per heavy atom. The van der Waals surface area contributed by atoms with E-state index in [1.807, 2.05) is 24.3 Å². The van der Waals surface area contributed by atoms with Crippen molar-refractivity contribution in [3.63, 3.8) is 0 Å². The first kappa shape index (κ1) is 17.6. The van der Waals surface area contributed by atoms with Crippen molar-refractivity contribution in [3.8, 4) is 0 Å². The van der Waals surface area contributed by atoms with Gasteiger partial charge >= 0.3 is 6.18 Å². The lowest BCUT2D eigenvalue weighted by Crippen LogP contribution is -2.29. The Bertz CT molecular complexity index is 932. The predicted molar refractivity (Wildman–Crippen MR) is 100 cm³/mol. The molecule has 0 amide bonds. The molecule has 1 aromatic heterocycles. The second-order valence-electron chi connectivity index (χ2n) is 6.63. The number of rotatable bonds is 3. The van der Waals surface area contributed by atoms with Crippen molar-refractivity contribution in [3.05, 3.63) is 54.2 Å². The predicted octanol–water partition coefficient (Wildman–Crippen LogP) is 5.38. The third-order valence-corrected chi connectivity index (χ3v) is 4.72. The van der Waals surface area contributed by atoms with Gasteiger partial charge in [0.25, 0.3) is 0 Å². The van der Waals surface area contributed by atoms with E-state index in [0.29, 0.717) is 5.69 Å². The first-order chi connectivity index (χ1) is 13.0. The average Bonchev–Trinajstić information content (AvgIpc) is 2.68. The van der Waals surface area contributed by atoms with E-state index in [4.69, 9.17) is 0 Å². The second-order valence-corrected chi connectivity index (χ2v) is 6.63. The van der Waals surface area contributed by atoms with Crippen LogP contribution in [0, 0.1) is 0 Å². The number of halogens is 3. The standard InChI is InChI=1S/C20H19F3N4/c21-20(22,23)18-16-6-2-3-7-17(16)25-19(26-18)24-14-8-10-15(11-9-14)27-12-4-1-5-13-27/h2-3,6-11H,1,4-5,12-13H2,(H,24,25,26). The molecule has 0 unspecified atom stereocenters. The van der Waals surface area contributed by atoms with Gasteiger partial charge in [-0.05, 0) is 49.6 Å². The zero-order valence-electron chi connectivity index (χ0n) is 14.6. The van der Waals surface area contributed by atoms with Crippen molar-refractivity contribution in [1.29, 1.82) is 0 Å². The van der Waals surface area contributed by atoms with Crippen molar-refractivity contribution in [1.82, 2.24) is 9.97 Å². The maximum atomic E-state index is 13.4. The van der Waals surface area contributed by atoms with Crippen LogP contribution in [0.3, 0.4) is 0 Å². The van der Waals surface area contributed by atoms with Crippen LogP contribution in [0.1, 0.15) is 25.0 Å². The van der Waals surface area contributed by atoms with Crippen molar-refractivity contribution in [2.24, 2.45) is 0 Å². The van der Waals surface area contributed by atoms with Gasteiger partial charge in [0, 0.05) is 29.9 Å². The molecular weight excluding hydrogens is 353 g/mol. The normalized spacial score (nSPS) is 15.1. The highest BCUT2D eigenvalue weighted by atomic mass is 19.4. The molecule has 7 heteroatoms. The van der Waals surface area contributed by atoms with E-state index in [2.05, 4.69) is 20.2 Å². The molecule has 4 rings (SSSR count). The van der Waals surface area contributed by atoms with Gasteiger partial charge in [0.05, 0.1) is 5.52 Å². The minimum Gasteiger partial charge on any atom is -0.372 e. The number of alkyl halides is 3. The summed E-state index contributed by atoms with van der Waals surface area (Å²) in [6.07, 6.45) is -0.912. The molecule has 27 heavy (non-hydrogen) atoms. The number of nitrogens with zero attached hydrogens (tertiary/aromatic N) is 3. The van der Waals surface area contributed by atoms with Crippen LogP contribution in [0.5, 0.6) is 0 Å². The monoisotopic (exact) mass is 372 g/mol. The molecule has 0 radical (unpaired) electrons. The molecule has 0 saturated carbocycles. The Labute approximate surface area is 155 Å². The van der Waals surface area contributed by atoms with Gasteiger partial charge in [-0.3, -0.25) is 0 Å². The van der Waals surface area contributed by atoms with Crippen LogP contribution >= 0.6 is 0 Å². The molecule has 1 saturated heterocycles. The number of aromatic nitrogens is 2. The van der Waals surface area contributed by atoms with E-state index >= 15 is 0 Å². The number of para-hydroxylation sites is 1. The summed E-state index contributed by atoms with van der Waals surface area (Å²) in [7, 11) is 0. The van der Waals surface area contributed by atoms with Crippen LogP contribution in [0.25, 0.3) is 10.9 Å². The van der Waals surface area contributed by atoms with Gasteiger partial charge in [-0.2, -0.15) is 13.2 Å². The Morgan fingerprint density at radius 2 is 1.56 bits per heavy atom. The van der Waals surface area contributed by atoms with E-state index in [0.717, 1.165) is 18.8 Å². The van der Waals surface area contributed by atoms with Crippen molar-refractivity contribution in [2.75, 3.05) is 23.3 Å². The maximum absolute atomic E-state index is 13.4. The van der Waals surface area contributed by atoms with Gasteiger partial charge in [-0.25, -0.2) is 9.97 Å². The van der Waals surface area contributed by atoms with Crippen LogP contribution in [-0.4, -0.2) is 23.1 Å². The number of nitrogens with one attached hydrogen (secondary N) is 1. The molecule has 140 valence electrons. The molecule has 2 heterocycles. The fourth-order valence-electron chi connectivity index (χ4n) is 3.39. The van der Waals surface area contributed by atoms with Crippen molar-refractivity contribution < 1.29 is 13.2 Å². The molecule has 1 N–H and O–H groups in total. The molecule has 0 spiro atoms. The molecule has 3 aromatic rings. The number of fused-ring (bicyclic) bond motifs is 1. The number of benzene rings is 2. The fourth-order valence-corrected chi connectivity index (χ4v) is 3.39. The summed E-state index contributed by atoms with van der Waals surface area (Å²) in [6.45, 7) is 2.07. The molecule has 1 aliphatic rings. The first-order valence-corrected chi connectivity index (χ1v) is 8.97. The zero-order valence-corrected chi connectivity index (χ0v) is 14.6. The number of hydrogen-bond acceptors (Lipinski definition) is 4. The molecule has 4 nitrogen and oxygen atoms in total. The van der Waals surface area contributed by atoms with Gasteiger partial charge in [0.15, 0.2) is 5.69 Å². The Morgan fingerprint density at radius 1 is 0.852 bits per heavy atom. The lowest BCUT2D eigenvalue weighted by Gasteiger charge is -2.28. The molecule has 0 atom stereocenters. The Hall–Kier alpha value is -2.83. The summed E-state index contributed by atoms with van der Waals surface area (Å²) < 4.78 is 40.1. The van der Waals surface area contributed by atoms with Crippen LogP contribution in [0.4, 0.5) is 30.5 Å². The van der Waals surface area contributed by atoms with Crippen LogP contribution in [0.15, 0.2) is 48.5 Å². The minimum atomic E-state index is -4.54. The van der Waals surface area contributed by atoms with Crippen LogP contribution in [-0.2, 0) is 6.18 Å². The highest BCUT2D eigenvalue weighted by Gasteiger charge is 2.35. The van der Waals surface area contributed by atoms with Crippen molar-refractivity contribution >= 4 is 28.2 Å². The van der Waals surface area contributed by atoms with E-state index in [1.54, 1.807) is 18.2 Å². The summed E-state index contributed by atoms with van der Waals surface area (Å²) in [6, 6.07) is 13.8. The van der Waals surface area contributed by atoms with E-state index in [1.165, 1.54) is 25.3 Å². The third kappa shape index (κ3) is 3.82. The van der Waals surface area contributed by atoms with Crippen LogP contribution in [0.2, 0.25) is 0 Å². The van der Waals surface area contributed by atoms with Crippen LogP contribution < -0.4 is 10.2 Å². The highest BCUT2D eigenvalue weighted by Crippen LogP contribution is 2.34. The molecule has 1 aliphatic heterocycles. The zero-order chi connectivity index (χ0) is 18.9. The molecule has 0 aliphatic carbocycles. The molecule has 2 aromatic carbocycles. The van der Waals surface area contributed by atoms with E-state index in [-0.39, 0.29) is 16.9 Å². The first-order valence-electron chi connectivity index (χ1n) is 8.97. The largest absolute Gasteiger partial charge is 0.434 e. The van der Waals surface area contributed by atoms with Gasteiger partial charge in [0.1, 0.15) is 0 Å². The Balaban J connectivity index is 1.61. The highest BCUT2D eigenvalue weighted by molar-refractivity contribution is 5.82. The summed E-state index contributed by atoms with van der Waals surface area (Å²) in [5, 5.41) is 2.89. The molecular formula is C20H19F3N4. The van der Waals surface area contributed by atoms with Gasteiger partial charge < -0.3 is 10.2 Å². The Kier molecular flexibility index (Phi) is 4.59. The minimum absolute atomic E-state index is 0.00371. The summed E-state index contributed by atoms with van der Waals surface area (Å²) in [4.78, 5) is 10.3. The lowest BCUT2D eigenvalue weighted by atomic mass is 10.1. The van der Waals surface area contributed by atoms with E-state index < -0.39 is 11.9 Å². The average molecular weight is 372 g/mol. The number of piperidine rings is 1. The smallest absolute Gasteiger partial charge is 0.372 e. The number of hydrogen-bond donors (Lipinski definition) is 1. The molecule has 1 fully saturated rings. The summed E-state index contributed by atoms with van der Waals surface area (Å²) in [5.41, 5.74) is 1.10. The topological polar surface area (TPSA) is 41.1 Å². The van der Waals surface area contributed by atoms with E-state index in [9.17, 15) is 13.2 Å². The maximum Gasteiger partial charge on any atom is 0.434 e. The van der Waals surface area contributed by atoms with Gasteiger partial charge in [0.2, 0.25) is 5.95 Å². The van der Waals surface area contributed by atoms with Gasteiger partial charge in [-0.15, -0.1) is 0 Å². The van der Waals surface area contributed by atoms with Crippen molar-refractivity contribution in [2.45, 2.75) is 25.4 Å². The third-order valence-electron chi connectivity index (χ3n) is 4.72. The fraction of sp³-hybridized carbons (Fsp3) is 0.300. The number of anilines is 3. The summed E-state index contributed by atoms with van der Waals surface area (Å²) in [5.74, 6) is -0.0632. The summed E-state index contributed by atoms with van der Waals surface area (Å²) >= 11 is 0. The molecule has 0 bridgehead atoms. The lowest BCUT2D eigenvalue weighted by molar-refractivity contribution is -0.139. The SMILES string of the molecule is FC(F)(F)c1nc(Nc2ccc(N3CCCCC3)cc2)nc2ccccc12.